The minimum Gasteiger partial charge on any atom is -0.870 e. The third-order valence-electron chi connectivity index (χ3n) is 10.9. The van der Waals surface area contributed by atoms with Gasteiger partial charge in [-0.25, -0.2) is 0 Å². The fraction of sp³-hybridized carbons (Fsp3) is 0.895. The Morgan fingerprint density at radius 2 is 1.08 bits per heavy atom. The van der Waals surface area contributed by atoms with Crippen LogP contribution in [0.5, 0.6) is 0 Å². The van der Waals surface area contributed by atoms with Crippen LogP contribution in [0.1, 0.15) is 128 Å². The van der Waals surface area contributed by atoms with Crippen LogP contribution < -0.4 is 14.9 Å². The van der Waals surface area contributed by atoms with Crippen molar-refractivity contribution < 1.29 is 53.8 Å². The Balaban J connectivity index is 0. The Kier molecular flexibility index (Phi) is 19.9. The van der Waals surface area contributed by atoms with Crippen LogP contribution in [0, 0.1) is 32.5 Å². The molecule has 290 valence electrons. The van der Waals surface area contributed by atoms with Crippen molar-refractivity contribution in [3.8, 4) is 0 Å². The number of carbonyl (C=O) groups excluding carboxylic acids is 4. The molecule has 0 saturated carbocycles. The number of hydrogen-bond donors (Lipinski definition) is 2. The molecule has 11 heteroatoms. The summed E-state index contributed by atoms with van der Waals surface area (Å²) >= 11 is 0. The first-order valence-corrected chi connectivity index (χ1v) is 18.2. The van der Waals surface area contributed by atoms with Crippen LogP contribution in [0.3, 0.4) is 0 Å². The molecule has 0 saturated heterocycles. The third-order valence-corrected chi connectivity index (χ3v) is 10.9. The van der Waals surface area contributed by atoms with Crippen LogP contribution in [0.15, 0.2) is 0 Å². The number of carboxylic acid groups (broad SMARTS) is 1. The number of carboxylic acids is 1. The fourth-order valence-corrected chi connectivity index (χ4v) is 7.08. The van der Waals surface area contributed by atoms with Crippen LogP contribution in [0.25, 0.3) is 0 Å². The summed E-state index contributed by atoms with van der Waals surface area (Å²) in [4.78, 5) is 57.0. The molecule has 3 atom stereocenters. The molecule has 0 aromatic heterocycles. The molecular formula is C38H74N2O9. The largest absolute Gasteiger partial charge is 0.870 e. The summed E-state index contributed by atoms with van der Waals surface area (Å²) in [5, 5.41) is 13.5. The maximum Gasteiger partial charge on any atom is 0.312 e. The van der Waals surface area contributed by atoms with E-state index in [0.717, 1.165) is 22.6 Å². The standard InChI is InChI=1S/C38H72N2O8.H2O/c1-16-19-23-46-30(43)33(4,5)26-35(8,9)38(20-17-2,29(41)42)27-34(6,7)37(11,32(45)48-25-22-40(14)15)28-36(10,18-3)31(44)47-24-21-39(12)13;/h16-28H2,1-15H3,(H,41,42);1H2. The maximum absolute atomic E-state index is 14.3. The Labute approximate surface area is 298 Å². The minimum atomic E-state index is -1.43. The first-order valence-electron chi connectivity index (χ1n) is 18.2. The number of rotatable bonds is 24. The average molecular weight is 703 g/mol. The van der Waals surface area contributed by atoms with Crippen molar-refractivity contribution in [3.05, 3.63) is 0 Å². The second kappa shape index (κ2) is 20.0. The molecule has 49 heavy (non-hydrogen) atoms. The highest BCUT2D eigenvalue weighted by Gasteiger charge is 2.59. The first kappa shape index (κ1) is 48.9. The highest BCUT2D eigenvalue weighted by Crippen LogP contribution is 2.60. The van der Waals surface area contributed by atoms with Gasteiger partial charge in [0.25, 0.3) is 0 Å². The second-order valence-electron chi connectivity index (χ2n) is 17.2. The molecule has 0 amide bonds. The Hall–Kier alpha value is -2.24. The molecule has 0 rings (SSSR count). The van der Waals surface area contributed by atoms with Crippen molar-refractivity contribution in [2.45, 2.75) is 128 Å². The number of carbonyl (C=O) groups is 4. The molecular weight excluding hydrogens is 628 g/mol. The topological polar surface area (TPSA) is 158 Å². The Bertz CT molecular complexity index is 1060. The van der Waals surface area contributed by atoms with E-state index in [4.69, 9.17) is 14.2 Å². The first-order chi connectivity index (χ1) is 21.8. The summed E-state index contributed by atoms with van der Waals surface area (Å²) < 4.78 is 17.3. The van der Waals surface area contributed by atoms with Gasteiger partial charge in [-0.15, -0.1) is 0 Å². The lowest BCUT2D eigenvalue weighted by Crippen LogP contribution is -3.06. The number of quaternary nitrogens is 2. The van der Waals surface area contributed by atoms with Gasteiger partial charge < -0.3 is 39.4 Å². The molecule has 0 aliphatic heterocycles. The molecule has 0 aromatic carbocycles. The molecule has 0 radical (unpaired) electrons. The SMILES string of the molecule is CCCCOC(=O)C(C)(C)CC(C)(C)C(CCC)(CC(C)(C)C(C)(CC(C)(CC)C(=O)OCC[NH+](C)C)C(=O)OCC[NH+](C)C)C(=O)[O-].[OH-]. The zero-order chi connectivity index (χ0) is 37.8. The number of nitrogens with one attached hydrogen (secondary N) is 2. The van der Waals surface area contributed by atoms with Crippen molar-refractivity contribution in [1.82, 2.24) is 0 Å². The van der Waals surface area contributed by atoms with Gasteiger partial charge in [-0.05, 0) is 77.0 Å². The van der Waals surface area contributed by atoms with Crippen LogP contribution in [-0.2, 0) is 33.4 Å². The van der Waals surface area contributed by atoms with E-state index in [1.807, 2.05) is 83.6 Å². The summed E-state index contributed by atoms with van der Waals surface area (Å²) in [5.74, 6) is -2.44. The zero-order valence-corrected chi connectivity index (χ0v) is 33.9. The van der Waals surface area contributed by atoms with Gasteiger partial charge in [-0.3, -0.25) is 14.4 Å². The number of likely N-dealkylation sites (N-methyl/N-ethyl adjacent to an activating group) is 2. The van der Waals surface area contributed by atoms with E-state index < -0.39 is 44.4 Å². The predicted molar refractivity (Wildman–Crippen MR) is 189 cm³/mol. The predicted octanol–water partition coefficient (Wildman–Crippen LogP) is 2.74. The smallest absolute Gasteiger partial charge is 0.312 e. The highest BCUT2D eigenvalue weighted by molar-refractivity contribution is 5.82. The maximum atomic E-state index is 14.3. The van der Waals surface area contributed by atoms with Gasteiger partial charge >= 0.3 is 17.9 Å². The third kappa shape index (κ3) is 13.1. The second-order valence-corrected chi connectivity index (χ2v) is 17.2. The summed E-state index contributed by atoms with van der Waals surface area (Å²) in [5.41, 5.74) is -6.67. The lowest BCUT2D eigenvalue weighted by molar-refractivity contribution is -0.858. The van der Waals surface area contributed by atoms with E-state index in [9.17, 15) is 24.3 Å². The van der Waals surface area contributed by atoms with E-state index in [2.05, 4.69) is 0 Å². The number of unbranched alkanes of at least 4 members (excludes halogenated alkanes) is 1. The van der Waals surface area contributed by atoms with Crippen molar-refractivity contribution in [1.29, 1.82) is 0 Å². The summed E-state index contributed by atoms with van der Waals surface area (Å²) in [7, 11) is 7.91. The number of hydrogen-bond acceptors (Lipinski definition) is 9. The molecule has 0 fully saturated rings. The van der Waals surface area contributed by atoms with Gasteiger partial charge in [0.05, 0.1) is 51.0 Å². The summed E-state index contributed by atoms with van der Waals surface area (Å²) in [6.07, 6.45) is 3.29. The number of aliphatic carboxylic acids is 1. The number of esters is 3. The van der Waals surface area contributed by atoms with Gasteiger partial charge in [0, 0.05) is 11.4 Å². The lowest BCUT2D eigenvalue weighted by atomic mass is 9.48. The monoisotopic (exact) mass is 703 g/mol. The van der Waals surface area contributed by atoms with E-state index in [1.54, 1.807) is 20.8 Å². The molecule has 11 nitrogen and oxygen atoms in total. The lowest BCUT2D eigenvalue weighted by Gasteiger charge is -2.56. The summed E-state index contributed by atoms with van der Waals surface area (Å²) in [6, 6.07) is 0. The van der Waals surface area contributed by atoms with Gasteiger partial charge in [0.15, 0.2) is 0 Å². The van der Waals surface area contributed by atoms with E-state index in [0.29, 0.717) is 32.5 Å². The quantitative estimate of drug-likeness (QED) is 0.0877. The minimum absolute atomic E-state index is 0. The van der Waals surface area contributed by atoms with Crippen LogP contribution in [0.4, 0.5) is 0 Å². The highest BCUT2D eigenvalue weighted by atomic mass is 16.5. The van der Waals surface area contributed by atoms with Crippen LogP contribution >= 0.6 is 0 Å². The normalized spacial score (nSPS) is 16.2. The van der Waals surface area contributed by atoms with Crippen molar-refractivity contribution >= 4 is 23.9 Å². The van der Waals surface area contributed by atoms with Crippen molar-refractivity contribution in [2.75, 3.05) is 61.1 Å². The Morgan fingerprint density at radius 1 is 0.612 bits per heavy atom. The van der Waals surface area contributed by atoms with Gasteiger partial charge in [-0.1, -0.05) is 61.3 Å². The fourth-order valence-electron chi connectivity index (χ4n) is 7.08. The van der Waals surface area contributed by atoms with E-state index in [-0.39, 0.29) is 56.3 Å². The van der Waals surface area contributed by atoms with E-state index >= 15 is 0 Å². The molecule has 0 heterocycles. The van der Waals surface area contributed by atoms with Gasteiger partial charge in [-0.2, -0.15) is 0 Å². The number of ether oxygens (including phenoxy) is 3. The van der Waals surface area contributed by atoms with E-state index in [1.165, 1.54) is 0 Å². The molecule has 3 unspecified atom stereocenters. The molecule has 0 aliphatic rings. The van der Waals surface area contributed by atoms with Crippen LogP contribution in [0.2, 0.25) is 0 Å². The van der Waals surface area contributed by atoms with Crippen molar-refractivity contribution in [2.24, 2.45) is 32.5 Å². The molecule has 0 bridgehead atoms. The zero-order valence-electron chi connectivity index (χ0n) is 33.9. The summed E-state index contributed by atoms with van der Waals surface area (Å²) in [6.45, 7) is 22.6. The molecule has 0 spiro atoms. The average Bonchev–Trinajstić information content (AvgIpc) is 2.95. The van der Waals surface area contributed by atoms with Gasteiger partial charge in [0.1, 0.15) is 26.3 Å². The van der Waals surface area contributed by atoms with Crippen molar-refractivity contribution in [3.63, 3.8) is 0 Å². The van der Waals surface area contributed by atoms with Gasteiger partial charge in [0.2, 0.25) is 0 Å². The molecule has 0 aromatic rings. The Morgan fingerprint density at radius 3 is 1.49 bits per heavy atom. The molecule has 3 N–H and O–H groups in total. The molecule has 0 aliphatic carbocycles. The van der Waals surface area contributed by atoms with Crippen LogP contribution in [-0.4, -0.2) is 90.5 Å².